The van der Waals surface area contributed by atoms with E-state index in [-0.39, 0.29) is 36.1 Å². The molecule has 0 unspecified atom stereocenters. The molecule has 19 heavy (non-hydrogen) atoms. The molecule has 1 rings (SSSR count). The van der Waals surface area contributed by atoms with Gasteiger partial charge in [-0.25, -0.2) is 0 Å². The smallest absolute Gasteiger partial charge is 0.303 e. The minimum atomic E-state index is -0.981. The van der Waals surface area contributed by atoms with Gasteiger partial charge in [-0.2, -0.15) is 0 Å². The Morgan fingerprint density at radius 2 is 2.00 bits per heavy atom. The highest BCUT2D eigenvalue weighted by molar-refractivity contribution is 5.81. The van der Waals surface area contributed by atoms with Crippen LogP contribution in [0.1, 0.15) is 40.0 Å². The Morgan fingerprint density at radius 1 is 1.37 bits per heavy atom. The number of carboxylic acids is 1. The van der Waals surface area contributed by atoms with Crippen LogP contribution in [0.25, 0.3) is 0 Å². The van der Waals surface area contributed by atoms with Crippen LogP contribution in [0.15, 0.2) is 0 Å². The first-order valence-corrected chi connectivity index (χ1v) is 6.49. The Hall–Kier alpha value is -1.59. The molecule has 0 aromatic heterocycles. The van der Waals surface area contributed by atoms with Gasteiger partial charge in [0.15, 0.2) is 0 Å². The van der Waals surface area contributed by atoms with Gasteiger partial charge in [-0.05, 0) is 20.8 Å². The molecule has 1 aliphatic heterocycles. The average Bonchev–Trinajstić information content (AvgIpc) is 2.65. The predicted molar refractivity (Wildman–Crippen MR) is 69.5 cm³/mol. The molecule has 0 radical (unpaired) electrons. The predicted octanol–water partition coefficient (Wildman–Crippen LogP) is 0.614. The SMILES string of the molecule is CC(C)(C)N1C[C@@H](CNC(=O)CCC(=O)O)CC1=O. The molecule has 2 amide bonds. The number of amides is 2. The number of carbonyl (C=O) groups is 3. The third-order valence-corrected chi connectivity index (χ3v) is 3.17. The van der Waals surface area contributed by atoms with Crippen molar-refractivity contribution in [3.8, 4) is 0 Å². The second-order valence-electron chi connectivity index (χ2n) is 5.94. The van der Waals surface area contributed by atoms with Crippen LogP contribution < -0.4 is 5.32 Å². The average molecular weight is 270 g/mol. The molecule has 1 atom stereocenters. The molecule has 2 N–H and O–H groups in total. The Bertz CT molecular complexity index is 373. The number of hydrogen-bond donors (Lipinski definition) is 2. The van der Waals surface area contributed by atoms with Crippen molar-refractivity contribution < 1.29 is 19.5 Å². The van der Waals surface area contributed by atoms with E-state index in [4.69, 9.17) is 5.11 Å². The Kier molecular flexibility index (Phi) is 4.91. The van der Waals surface area contributed by atoms with Crippen molar-refractivity contribution in [1.29, 1.82) is 0 Å². The van der Waals surface area contributed by atoms with Crippen LogP contribution in [0.4, 0.5) is 0 Å². The van der Waals surface area contributed by atoms with Crippen LogP contribution in [0.3, 0.4) is 0 Å². The summed E-state index contributed by atoms with van der Waals surface area (Å²) < 4.78 is 0. The monoisotopic (exact) mass is 270 g/mol. The zero-order chi connectivity index (χ0) is 14.6. The maximum Gasteiger partial charge on any atom is 0.303 e. The number of nitrogens with one attached hydrogen (secondary N) is 1. The number of carboxylic acid groups (broad SMARTS) is 1. The molecule has 108 valence electrons. The lowest BCUT2D eigenvalue weighted by Gasteiger charge is -2.32. The summed E-state index contributed by atoms with van der Waals surface area (Å²) in [6.07, 6.45) is 0.263. The van der Waals surface area contributed by atoms with E-state index in [1.807, 2.05) is 25.7 Å². The van der Waals surface area contributed by atoms with E-state index in [1.165, 1.54) is 0 Å². The largest absolute Gasteiger partial charge is 0.481 e. The number of carbonyl (C=O) groups excluding carboxylic acids is 2. The normalized spacial score (nSPS) is 19.6. The fourth-order valence-corrected chi connectivity index (χ4v) is 2.13. The first-order chi connectivity index (χ1) is 8.70. The van der Waals surface area contributed by atoms with Gasteiger partial charge in [0, 0.05) is 37.4 Å². The van der Waals surface area contributed by atoms with Crippen molar-refractivity contribution in [1.82, 2.24) is 10.2 Å². The van der Waals surface area contributed by atoms with Gasteiger partial charge < -0.3 is 15.3 Å². The number of rotatable bonds is 5. The zero-order valence-electron chi connectivity index (χ0n) is 11.7. The molecule has 1 saturated heterocycles. The van der Waals surface area contributed by atoms with Crippen molar-refractivity contribution in [2.24, 2.45) is 5.92 Å². The summed E-state index contributed by atoms with van der Waals surface area (Å²) in [7, 11) is 0. The third-order valence-electron chi connectivity index (χ3n) is 3.17. The molecular weight excluding hydrogens is 248 g/mol. The summed E-state index contributed by atoms with van der Waals surface area (Å²) in [6.45, 7) is 7.02. The quantitative estimate of drug-likeness (QED) is 0.766. The standard InChI is InChI=1S/C13H22N2O4/c1-13(2,3)15-8-9(6-11(15)17)7-14-10(16)4-5-12(18)19/h9H,4-8H2,1-3H3,(H,14,16)(H,18,19)/t9-/m1/s1. The van der Waals surface area contributed by atoms with E-state index in [0.717, 1.165) is 0 Å². The highest BCUT2D eigenvalue weighted by atomic mass is 16.4. The number of likely N-dealkylation sites (tertiary alicyclic amines) is 1. The Morgan fingerprint density at radius 3 is 2.47 bits per heavy atom. The van der Waals surface area contributed by atoms with Crippen molar-refractivity contribution in [2.75, 3.05) is 13.1 Å². The van der Waals surface area contributed by atoms with Crippen LogP contribution in [-0.4, -0.2) is 46.4 Å². The molecule has 0 aromatic rings. The van der Waals surface area contributed by atoms with E-state index in [2.05, 4.69) is 5.32 Å². The number of aliphatic carboxylic acids is 1. The van der Waals surface area contributed by atoms with Gasteiger partial charge in [0.25, 0.3) is 0 Å². The lowest BCUT2D eigenvalue weighted by atomic mass is 10.1. The second-order valence-corrected chi connectivity index (χ2v) is 5.94. The van der Waals surface area contributed by atoms with E-state index in [1.54, 1.807) is 0 Å². The molecule has 1 heterocycles. The third kappa shape index (κ3) is 4.89. The molecule has 0 aliphatic carbocycles. The van der Waals surface area contributed by atoms with Crippen LogP contribution in [0.5, 0.6) is 0 Å². The summed E-state index contributed by atoms with van der Waals surface area (Å²) in [5, 5.41) is 11.2. The van der Waals surface area contributed by atoms with E-state index < -0.39 is 5.97 Å². The van der Waals surface area contributed by atoms with Crippen molar-refractivity contribution in [3.05, 3.63) is 0 Å². The summed E-state index contributed by atoms with van der Waals surface area (Å²) in [5.41, 5.74) is -0.195. The minimum Gasteiger partial charge on any atom is -0.481 e. The van der Waals surface area contributed by atoms with Gasteiger partial charge in [0.05, 0.1) is 6.42 Å². The molecule has 0 aromatic carbocycles. The highest BCUT2D eigenvalue weighted by Gasteiger charge is 2.35. The molecule has 1 aliphatic rings. The lowest BCUT2D eigenvalue weighted by Crippen LogP contribution is -2.42. The van der Waals surface area contributed by atoms with Crippen molar-refractivity contribution >= 4 is 17.8 Å². The fraction of sp³-hybridized carbons (Fsp3) is 0.769. The zero-order valence-corrected chi connectivity index (χ0v) is 11.7. The van der Waals surface area contributed by atoms with Crippen LogP contribution in [0.2, 0.25) is 0 Å². The molecule has 0 spiro atoms. The minimum absolute atomic E-state index is 0.0149. The van der Waals surface area contributed by atoms with Crippen molar-refractivity contribution in [3.63, 3.8) is 0 Å². The van der Waals surface area contributed by atoms with Gasteiger partial charge in [-0.15, -0.1) is 0 Å². The maximum atomic E-state index is 11.8. The molecule has 1 fully saturated rings. The Labute approximate surface area is 113 Å². The number of nitrogens with zero attached hydrogens (tertiary/aromatic N) is 1. The summed E-state index contributed by atoms with van der Waals surface area (Å²) in [5.74, 6) is -1.04. The summed E-state index contributed by atoms with van der Waals surface area (Å²) in [6, 6.07) is 0. The van der Waals surface area contributed by atoms with E-state index in [0.29, 0.717) is 19.5 Å². The lowest BCUT2D eigenvalue weighted by molar-refractivity contribution is -0.138. The Balaban J connectivity index is 2.34. The highest BCUT2D eigenvalue weighted by Crippen LogP contribution is 2.25. The van der Waals surface area contributed by atoms with E-state index in [9.17, 15) is 14.4 Å². The topological polar surface area (TPSA) is 86.7 Å². The summed E-state index contributed by atoms with van der Waals surface area (Å²) >= 11 is 0. The van der Waals surface area contributed by atoms with E-state index >= 15 is 0 Å². The van der Waals surface area contributed by atoms with Crippen LogP contribution >= 0.6 is 0 Å². The van der Waals surface area contributed by atoms with Crippen LogP contribution in [0, 0.1) is 5.92 Å². The molecule has 0 bridgehead atoms. The molecular formula is C13H22N2O4. The molecule has 6 heteroatoms. The van der Waals surface area contributed by atoms with Crippen molar-refractivity contribution in [2.45, 2.75) is 45.6 Å². The van der Waals surface area contributed by atoms with Gasteiger partial charge >= 0.3 is 5.97 Å². The second kappa shape index (κ2) is 6.04. The van der Waals surface area contributed by atoms with Gasteiger partial charge in [-0.1, -0.05) is 0 Å². The molecule has 6 nitrogen and oxygen atoms in total. The van der Waals surface area contributed by atoms with Gasteiger partial charge in [0.2, 0.25) is 11.8 Å². The van der Waals surface area contributed by atoms with Crippen LogP contribution in [-0.2, 0) is 14.4 Å². The summed E-state index contributed by atoms with van der Waals surface area (Å²) in [4.78, 5) is 35.4. The van der Waals surface area contributed by atoms with Gasteiger partial charge in [-0.3, -0.25) is 14.4 Å². The fourth-order valence-electron chi connectivity index (χ4n) is 2.13. The first kappa shape index (κ1) is 15.5. The molecule has 0 saturated carbocycles. The van der Waals surface area contributed by atoms with Gasteiger partial charge in [0.1, 0.15) is 0 Å². The first-order valence-electron chi connectivity index (χ1n) is 6.49. The number of hydrogen-bond acceptors (Lipinski definition) is 3. The maximum absolute atomic E-state index is 11.8.